The van der Waals surface area contributed by atoms with Gasteiger partial charge in [-0.2, -0.15) is 11.8 Å². The Morgan fingerprint density at radius 3 is 2.45 bits per heavy atom. The maximum absolute atomic E-state index is 5.86. The fourth-order valence-electron chi connectivity index (χ4n) is 2.33. The Bertz CT molecular complexity index is 167. The molecule has 1 aliphatic heterocycles. The molecule has 1 aliphatic carbocycles. The minimum Gasteiger partial charge on any atom is -0.327 e. The second kappa shape index (κ2) is 2.40. The summed E-state index contributed by atoms with van der Waals surface area (Å²) < 4.78 is 0.513. The lowest BCUT2D eigenvalue weighted by molar-refractivity contribution is 0.379. The van der Waals surface area contributed by atoms with Crippen molar-refractivity contribution in [1.82, 2.24) is 0 Å². The van der Waals surface area contributed by atoms with E-state index in [0.717, 1.165) is 11.8 Å². The zero-order chi connectivity index (χ0) is 8.06. The normalized spacial score (nSPS) is 47.7. The molecule has 2 aliphatic rings. The van der Waals surface area contributed by atoms with Crippen LogP contribution in [0.15, 0.2) is 0 Å². The molecule has 2 fully saturated rings. The lowest BCUT2D eigenvalue weighted by atomic mass is 9.88. The highest BCUT2D eigenvalue weighted by atomic mass is 32.2. The molecule has 1 saturated heterocycles. The predicted octanol–water partition coefficient (Wildman–Crippen LogP) is 1.87. The van der Waals surface area contributed by atoms with E-state index in [0.29, 0.717) is 10.8 Å². The standard InChI is InChI=1S/C9H17NS/c1-9(2)7(3-4-11-9)6-5-8(6)10/h6-8H,3-5,10H2,1-2H3. The van der Waals surface area contributed by atoms with Crippen molar-refractivity contribution in [3.05, 3.63) is 0 Å². The molecule has 0 spiro atoms. The van der Waals surface area contributed by atoms with Gasteiger partial charge in [0.05, 0.1) is 0 Å². The van der Waals surface area contributed by atoms with Gasteiger partial charge in [0, 0.05) is 10.8 Å². The van der Waals surface area contributed by atoms with Gasteiger partial charge in [0.25, 0.3) is 0 Å². The second-order valence-electron chi connectivity index (χ2n) is 4.41. The van der Waals surface area contributed by atoms with Crippen LogP contribution in [0.1, 0.15) is 26.7 Å². The summed E-state index contributed by atoms with van der Waals surface area (Å²) in [5.74, 6) is 3.11. The van der Waals surface area contributed by atoms with Gasteiger partial charge in [-0.15, -0.1) is 0 Å². The summed E-state index contributed by atoms with van der Waals surface area (Å²) in [6.07, 6.45) is 2.69. The lowest BCUT2D eigenvalue weighted by Gasteiger charge is -2.25. The van der Waals surface area contributed by atoms with Crippen molar-refractivity contribution in [2.24, 2.45) is 17.6 Å². The molecule has 0 radical (unpaired) electrons. The minimum atomic E-state index is 0.513. The summed E-state index contributed by atoms with van der Waals surface area (Å²) in [5, 5.41) is 0. The van der Waals surface area contributed by atoms with Crippen molar-refractivity contribution in [2.75, 3.05) is 5.75 Å². The van der Waals surface area contributed by atoms with Gasteiger partial charge in [0.15, 0.2) is 0 Å². The van der Waals surface area contributed by atoms with E-state index in [2.05, 4.69) is 25.6 Å². The second-order valence-corrected chi connectivity index (χ2v) is 6.16. The van der Waals surface area contributed by atoms with E-state index in [-0.39, 0.29) is 0 Å². The first kappa shape index (κ1) is 7.93. The van der Waals surface area contributed by atoms with Gasteiger partial charge in [0.2, 0.25) is 0 Å². The quantitative estimate of drug-likeness (QED) is 0.652. The molecule has 1 saturated carbocycles. The Kier molecular flexibility index (Phi) is 1.73. The van der Waals surface area contributed by atoms with E-state index in [9.17, 15) is 0 Å². The highest BCUT2D eigenvalue weighted by Crippen LogP contribution is 2.52. The van der Waals surface area contributed by atoms with Gasteiger partial charge < -0.3 is 5.73 Å². The molecule has 0 aromatic rings. The van der Waals surface area contributed by atoms with Crippen LogP contribution in [0.3, 0.4) is 0 Å². The van der Waals surface area contributed by atoms with Crippen molar-refractivity contribution in [3.63, 3.8) is 0 Å². The molecule has 1 nitrogen and oxygen atoms in total. The molecule has 3 atom stereocenters. The number of thioether (sulfide) groups is 1. The molecule has 3 unspecified atom stereocenters. The smallest absolute Gasteiger partial charge is 0.0135 e. The molecular formula is C9H17NS. The van der Waals surface area contributed by atoms with Gasteiger partial charge in [-0.1, -0.05) is 13.8 Å². The summed E-state index contributed by atoms with van der Waals surface area (Å²) in [4.78, 5) is 0. The lowest BCUT2D eigenvalue weighted by Crippen LogP contribution is -2.26. The van der Waals surface area contributed by atoms with E-state index < -0.39 is 0 Å². The van der Waals surface area contributed by atoms with Crippen molar-refractivity contribution in [2.45, 2.75) is 37.5 Å². The zero-order valence-electron chi connectivity index (χ0n) is 7.34. The van der Waals surface area contributed by atoms with Gasteiger partial charge >= 0.3 is 0 Å². The van der Waals surface area contributed by atoms with Crippen LogP contribution in [0, 0.1) is 11.8 Å². The summed E-state index contributed by atoms with van der Waals surface area (Å²) in [5.41, 5.74) is 5.86. The van der Waals surface area contributed by atoms with Crippen molar-refractivity contribution >= 4 is 11.8 Å². The van der Waals surface area contributed by atoms with Crippen LogP contribution in [0.2, 0.25) is 0 Å². The monoisotopic (exact) mass is 171 g/mol. The minimum absolute atomic E-state index is 0.513. The van der Waals surface area contributed by atoms with Crippen LogP contribution in [-0.2, 0) is 0 Å². The predicted molar refractivity (Wildman–Crippen MR) is 50.7 cm³/mol. The summed E-state index contributed by atoms with van der Waals surface area (Å²) in [7, 11) is 0. The van der Waals surface area contributed by atoms with Crippen molar-refractivity contribution < 1.29 is 0 Å². The average molecular weight is 171 g/mol. The SMILES string of the molecule is CC1(C)SCCC1C1CC1N. The zero-order valence-corrected chi connectivity index (χ0v) is 8.16. The molecule has 64 valence electrons. The maximum atomic E-state index is 5.86. The number of hydrogen-bond acceptors (Lipinski definition) is 2. The largest absolute Gasteiger partial charge is 0.327 e. The van der Waals surface area contributed by atoms with Gasteiger partial charge in [0.1, 0.15) is 0 Å². The summed E-state index contributed by atoms with van der Waals surface area (Å²) in [6, 6.07) is 0.540. The van der Waals surface area contributed by atoms with Crippen LogP contribution in [0.4, 0.5) is 0 Å². The number of rotatable bonds is 1. The fourth-order valence-corrected chi connectivity index (χ4v) is 3.74. The Labute approximate surface area is 73.1 Å². The first-order valence-electron chi connectivity index (χ1n) is 4.51. The highest BCUT2D eigenvalue weighted by Gasteiger charge is 2.49. The third-order valence-electron chi connectivity index (χ3n) is 3.20. The van der Waals surface area contributed by atoms with E-state index in [1.165, 1.54) is 18.6 Å². The first-order valence-corrected chi connectivity index (χ1v) is 5.49. The summed E-state index contributed by atoms with van der Waals surface area (Å²) in [6.45, 7) is 4.75. The van der Waals surface area contributed by atoms with Crippen molar-refractivity contribution in [3.8, 4) is 0 Å². The molecule has 0 aromatic carbocycles. The average Bonchev–Trinajstić information content (AvgIpc) is 2.48. The molecule has 0 aromatic heterocycles. The molecule has 0 bridgehead atoms. The van der Waals surface area contributed by atoms with E-state index in [1.54, 1.807) is 0 Å². The van der Waals surface area contributed by atoms with Crippen LogP contribution in [0.5, 0.6) is 0 Å². The van der Waals surface area contributed by atoms with Crippen LogP contribution >= 0.6 is 11.8 Å². The molecule has 2 rings (SSSR count). The van der Waals surface area contributed by atoms with Crippen molar-refractivity contribution in [1.29, 1.82) is 0 Å². The van der Waals surface area contributed by atoms with E-state index in [4.69, 9.17) is 5.73 Å². The molecular weight excluding hydrogens is 154 g/mol. The number of nitrogens with two attached hydrogens (primary N) is 1. The van der Waals surface area contributed by atoms with Gasteiger partial charge in [-0.05, 0) is 30.4 Å². The Morgan fingerprint density at radius 2 is 2.09 bits per heavy atom. The highest BCUT2D eigenvalue weighted by molar-refractivity contribution is 8.00. The topological polar surface area (TPSA) is 26.0 Å². The third kappa shape index (κ3) is 1.31. The molecule has 11 heavy (non-hydrogen) atoms. The maximum Gasteiger partial charge on any atom is 0.0135 e. The third-order valence-corrected chi connectivity index (χ3v) is 4.69. The molecule has 1 heterocycles. The molecule has 2 N–H and O–H groups in total. The Hall–Kier alpha value is 0.310. The Morgan fingerprint density at radius 1 is 1.45 bits per heavy atom. The first-order chi connectivity index (χ1) is 5.11. The Balaban J connectivity index is 2.03. The number of hydrogen-bond donors (Lipinski definition) is 1. The fraction of sp³-hybridized carbons (Fsp3) is 1.00. The van der Waals surface area contributed by atoms with Gasteiger partial charge in [-0.25, -0.2) is 0 Å². The molecule has 0 amide bonds. The van der Waals surface area contributed by atoms with E-state index in [1.807, 2.05) is 0 Å². The molecule has 2 heteroatoms. The van der Waals surface area contributed by atoms with Crippen LogP contribution in [0.25, 0.3) is 0 Å². The van der Waals surface area contributed by atoms with E-state index >= 15 is 0 Å². The summed E-state index contributed by atoms with van der Waals surface area (Å²) >= 11 is 2.12. The van der Waals surface area contributed by atoms with Crippen LogP contribution in [-0.4, -0.2) is 16.5 Å². The van der Waals surface area contributed by atoms with Crippen LogP contribution < -0.4 is 5.73 Å². The van der Waals surface area contributed by atoms with Gasteiger partial charge in [-0.3, -0.25) is 0 Å².